The first-order valence-electron chi connectivity index (χ1n) is 20.5. The molecule has 0 rings (SSSR count). The van der Waals surface area contributed by atoms with E-state index in [1.165, 1.54) is 25.7 Å². The minimum absolute atomic E-state index is 0.0211. The third-order valence-corrected chi connectivity index (χ3v) is 8.95. The third kappa shape index (κ3) is 38.7. The standard InChI is InChI=1S/C45H73O8P/c1-4-7-9-11-13-15-17-19-21-22-23-24-26-28-30-32-34-36-38-40-45(47)53-43(42-52-54(48,49)51-6-3)41-50-44(46)39-37-35-33-31-29-27-25-20-18-16-14-12-10-8-5-2/h7,9,13-16,19-21,23-25,28,30,34,36,43H,4-6,8,10-12,17-18,22,26-27,29,31-33,35,37-42H2,1-3H3,(H,48,49)/b9-7-,15-13-,16-14-,21-19-,24-23-,25-20-,30-28-,36-34-. The van der Waals surface area contributed by atoms with Gasteiger partial charge in [-0.15, -0.1) is 0 Å². The van der Waals surface area contributed by atoms with Gasteiger partial charge in [0.25, 0.3) is 0 Å². The van der Waals surface area contributed by atoms with Crippen LogP contribution < -0.4 is 0 Å². The quantitative estimate of drug-likeness (QED) is 0.0290. The van der Waals surface area contributed by atoms with Crippen molar-refractivity contribution in [3.63, 3.8) is 0 Å². The summed E-state index contributed by atoms with van der Waals surface area (Å²) in [7, 11) is -4.31. The predicted octanol–water partition coefficient (Wildman–Crippen LogP) is 12.9. The average Bonchev–Trinajstić information content (AvgIpc) is 3.15. The van der Waals surface area contributed by atoms with E-state index in [0.717, 1.165) is 77.0 Å². The van der Waals surface area contributed by atoms with E-state index in [0.29, 0.717) is 12.8 Å². The first-order valence-corrected chi connectivity index (χ1v) is 22.0. The van der Waals surface area contributed by atoms with Gasteiger partial charge in [-0.05, 0) is 90.4 Å². The van der Waals surface area contributed by atoms with Crippen molar-refractivity contribution >= 4 is 19.8 Å². The van der Waals surface area contributed by atoms with Gasteiger partial charge in [-0.25, -0.2) is 4.57 Å². The number of esters is 2. The molecule has 0 heterocycles. The predicted molar refractivity (Wildman–Crippen MR) is 225 cm³/mol. The van der Waals surface area contributed by atoms with Gasteiger partial charge in [-0.3, -0.25) is 18.6 Å². The molecule has 0 saturated heterocycles. The lowest BCUT2D eigenvalue weighted by Gasteiger charge is -2.19. The minimum atomic E-state index is -4.31. The summed E-state index contributed by atoms with van der Waals surface area (Å²) in [5.41, 5.74) is 0. The smallest absolute Gasteiger partial charge is 0.462 e. The Bertz CT molecular complexity index is 1190. The number of carbonyl (C=O) groups is 2. The van der Waals surface area contributed by atoms with Crippen LogP contribution in [0.4, 0.5) is 0 Å². The number of rotatable bonds is 36. The van der Waals surface area contributed by atoms with Gasteiger partial charge in [0.1, 0.15) is 6.61 Å². The van der Waals surface area contributed by atoms with E-state index in [-0.39, 0.29) is 26.1 Å². The highest BCUT2D eigenvalue weighted by Gasteiger charge is 2.25. The Labute approximate surface area is 328 Å². The SMILES string of the molecule is CC/C=C\C/C=C\C/C=C\C/C=C\C/C=C\C/C=C\CCC(=O)OC(COC(=O)CCCCCCC/C=C\C/C=C\CCCCC)COP(=O)(O)OCC. The van der Waals surface area contributed by atoms with Crippen molar-refractivity contribution in [2.75, 3.05) is 19.8 Å². The van der Waals surface area contributed by atoms with E-state index in [4.69, 9.17) is 18.5 Å². The maximum Gasteiger partial charge on any atom is 0.472 e. The molecule has 54 heavy (non-hydrogen) atoms. The molecule has 0 aliphatic rings. The van der Waals surface area contributed by atoms with Crippen molar-refractivity contribution in [3.8, 4) is 0 Å². The summed E-state index contributed by atoms with van der Waals surface area (Å²) in [5, 5.41) is 0. The van der Waals surface area contributed by atoms with Gasteiger partial charge in [-0.1, -0.05) is 143 Å². The van der Waals surface area contributed by atoms with E-state index >= 15 is 0 Å². The molecule has 0 fully saturated rings. The number of phosphoric acid groups is 1. The first kappa shape index (κ1) is 51.0. The molecular weight excluding hydrogens is 699 g/mol. The lowest BCUT2D eigenvalue weighted by molar-refractivity contribution is -0.161. The van der Waals surface area contributed by atoms with Crippen molar-refractivity contribution in [2.45, 2.75) is 155 Å². The molecule has 0 aliphatic heterocycles. The largest absolute Gasteiger partial charge is 0.472 e. The van der Waals surface area contributed by atoms with Crippen LogP contribution in [0.25, 0.3) is 0 Å². The Morgan fingerprint density at radius 1 is 0.519 bits per heavy atom. The Morgan fingerprint density at radius 2 is 0.981 bits per heavy atom. The van der Waals surface area contributed by atoms with Gasteiger partial charge in [0.15, 0.2) is 6.10 Å². The van der Waals surface area contributed by atoms with Crippen LogP contribution in [0.3, 0.4) is 0 Å². The number of unbranched alkanes of at least 4 members (excludes halogenated alkanes) is 8. The molecule has 0 aromatic rings. The summed E-state index contributed by atoms with van der Waals surface area (Å²) in [6.45, 7) is 5.20. The number of ether oxygens (including phenoxy) is 2. The van der Waals surface area contributed by atoms with Crippen LogP contribution in [0.1, 0.15) is 149 Å². The number of hydrogen-bond donors (Lipinski definition) is 1. The lowest BCUT2D eigenvalue weighted by Crippen LogP contribution is -2.29. The molecule has 0 spiro atoms. The molecule has 0 radical (unpaired) electrons. The number of carbonyl (C=O) groups excluding carboxylic acids is 2. The molecular formula is C45H73O8P. The van der Waals surface area contributed by atoms with Crippen LogP contribution in [-0.2, 0) is 32.7 Å². The van der Waals surface area contributed by atoms with Crippen LogP contribution in [0, 0.1) is 0 Å². The third-order valence-electron chi connectivity index (χ3n) is 7.89. The normalized spacial score (nSPS) is 14.4. The van der Waals surface area contributed by atoms with Crippen molar-refractivity contribution < 1.29 is 37.6 Å². The second-order valence-electron chi connectivity index (χ2n) is 12.9. The van der Waals surface area contributed by atoms with Crippen LogP contribution >= 0.6 is 7.82 Å². The fourth-order valence-corrected chi connectivity index (χ4v) is 5.67. The summed E-state index contributed by atoms with van der Waals surface area (Å²) in [6.07, 6.45) is 51.9. The van der Waals surface area contributed by atoms with Gasteiger partial charge in [0.2, 0.25) is 0 Å². The van der Waals surface area contributed by atoms with Crippen molar-refractivity contribution in [2.24, 2.45) is 0 Å². The molecule has 2 unspecified atom stereocenters. The highest BCUT2D eigenvalue weighted by molar-refractivity contribution is 7.47. The summed E-state index contributed by atoms with van der Waals surface area (Å²) in [4.78, 5) is 34.7. The topological polar surface area (TPSA) is 108 Å². The number of phosphoric ester groups is 1. The molecule has 0 aliphatic carbocycles. The van der Waals surface area contributed by atoms with E-state index < -0.39 is 32.5 Å². The van der Waals surface area contributed by atoms with Gasteiger partial charge >= 0.3 is 19.8 Å². The van der Waals surface area contributed by atoms with Gasteiger partial charge in [0, 0.05) is 12.8 Å². The molecule has 0 bridgehead atoms. The molecule has 8 nitrogen and oxygen atoms in total. The molecule has 9 heteroatoms. The van der Waals surface area contributed by atoms with E-state index in [9.17, 15) is 19.0 Å². The first-order chi connectivity index (χ1) is 26.3. The van der Waals surface area contributed by atoms with Crippen molar-refractivity contribution in [3.05, 3.63) is 97.2 Å². The van der Waals surface area contributed by atoms with Crippen LogP contribution in [0.5, 0.6) is 0 Å². The Balaban J connectivity index is 4.30. The fraction of sp³-hybridized carbons (Fsp3) is 0.600. The zero-order valence-corrected chi connectivity index (χ0v) is 34.7. The zero-order chi connectivity index (χ0) is 39.6. The number of hydrogen-bond acceptors (Lipinski definition) is 7. The van der Waals surface area contributed by atoms with E-state index in [1.54, 1.807) is 6.92 Å². The maximum atomic E-state index is 12.5. The second-order valence-corrected chi connectivity index (χ2v) is 14.4. The van der Waals surface area contributed by atoms with Crippen LogP contribution in [-0.4, -0.2) is 42.8 Å². The second kappa shape index (κ2) is 39.7. The van der Waals surface area contributed by atoms with Gasteiger partial charge in [0.05, 0.1) is 13.2 Å². The van der Waals surface area contributed by atoms with Gasteiger partial charge in [-0.2, -0.15) is 0 Å². The van der Waals surface area contributed by atoms with Crippen LogP contribution in [0.2, 0.25) is 0 Å². The number of allylic oxidation sites excluding steroid dienone is 16. The van der Waals surface area contributed by atoms with Gasteiger partial charge < -0.3 is 14.4 Å². The molecule has 306 valence electrons. The maximum absolute atomic E-state index is 12.5. The summed E-state index contributed by atoms with van der Waals surface area (Å²) in [5.74, 6) is -0.922. The molecule has 0 amide bonds. The Hall–Kier alpha value is -3.03. The minimum Gasteiger partial charge on any atom is -0.462 e. The fourth-order valence-electron chi connectivity index (χ4n) is 4.92. The molecule has 0 saturated carbocycles. The average molecular weight is 773 g/mol. The monoisotopic (exact) mass is 773 g/mol. The Morgan fingerprint density at radius 3 is 1.50 bits per heavy atom. The molecule has 0 aromatic carbocycles. The highest BCUT2D eigenvalue weighted by Crippen LogP contribution is 2.43. The lowest BCUT2D eigenvalue weighted by atomic mass is 10.1. The van der Waals surface area contributed by atoms with E-state index in [2.05, 4.69) is 98.9 Å². The summed E-state index contributed by atoms with van der Waals surface area (Å²) >= 11 is 0. The Kier molecular flexibility index (Phi) is 37.4. The van der Waals surface area contributed by atoms with E-state index in [1.807, 2.05) is 12.2 Å². The molecule has 1 N–H and O–H groups in total. The summed E-state index contributed by atoms with van der Waals surface area (Å²) < 4.78 is 32.5. The van der Waals surface area contributed by atoms with Crippen molar-refractivity contribution in [1.29, 1.82) is 0 Å². The highest BCUT2D eigenvalue weighted by atomic mass is 31.2. The summed E-state index contributed by atoms with van der Waals surface area (Å²) in [6, 6.07) is 0. The zero-order valence-electron chi connectivity index (χ0n) is 33.8. The van der Waals surface area contributed by atoms with Crippen LogP contribution in [0.15, 0.2) is 97.2 Å². The molecule has 2 atom stereocenters. The molecule has 0 aromatic heterocycles. The van der Waals surface area contributed by atoms with Crippen molar-refractivity contribution in [1.82, 2.24) is 0 Å².